The van der Waals surface area contributed by atoms with Crippen molar-refractivity contribution in [2.45, 2.75) is 18.7 Å². The lowest BCUT2D eigenvalue weighted by Gasteiger charge is -2.14. The van der Waals surface area contributed by atoms with E-state index >= 15 is 0 Å². The second-order valence-corrected chi connectivity index (χ2v) is 7.32. The van der Waals surface area contributed by atoms with Crippen LogP contribution >= 0.6 is 0 Å². The number of rotatable bonds is 8. The second kappa shape index (κ2) is 8.77. The molecule has 0 bridgehead atoms. The van der Waals surface area contributed by atoms with E-state index in [1.807, 2.05) is 6.92 Å². The van der Waals surface area contributed by atoms with Gasteiger partial charge in [-0.1, -0.05) is 19.1 Å². The van der Waals surface area contributed by atoms with Gasteiger partial charge in [0.2, 0.25) is 0 Å². The molecule has 0 fully saturated rings. The molecule has 0 unspecified atom stereocenters. The molecule has 3 N–H and O–H groups in total. The molecule has 2 aromatic rings. The van der Waals surface area contributed by atoms with E-state index in [1.54, 1.807) is 12.1 Å². The molecule has 0 heterocycles. The number of hydrogen-bond donors (Lipinski definition) is 3. The van der Waals surface area contributed by atoms with Crippen LogP contribution in [0.5, 0.6) is 0 Å². The molecular formula is C18H22FN3O3S. The number of amides is 1. The molecule has 0 aliphatic heterocycles. The van der Waals surface area contributed by atoms with Crippen LogP contribution < -0.4 is 15.4 Å². The average Bonchev–Trinajstić information content (AvgIpc) is 2.58. The highest BCUT2D eigenvalue weighted by atomic mass is 32.2. The van der Waals surface area contributed by atoms with Crippen molar-refractivity contribution < 1.29 is 17.6 Å². The van der Waals surface area contributed by atoms with Crippen LogP contribution in [0.1, 0.15) is 22.8 Å². The molecule has 0 atom stereocenters. The summed E-state index contributed by atoms with van der Waals surface area (Å²) in [6, 6.07) is 9.76. The fourth-order valence-corrected chi connectivity index (χ4v) is 3.73. The van der Waals surface area contributed by atoms with Crippen molar-refractivity contribution in [2.24, 2.45) is 0 Å². The Kier molecular flexibility index (Phi) is 6.70. The highest BCUT2D eigenvalue weighted by Gasteiger charge is 2.20. The van der Waals surface area contributed by atoms with E-state index in [4.69, 9.17) is 0 Å². The van der Waals surface area contributed by atoms with E-state index in [9.17, 15) is 17.6 Å². The molecular weight excluding hydrogens is 357 g/mol. The first-order chi connectivity index (χ1) is 12.3. The van der Waals surface area contributed by atoms with Crippen molar-refractivity contribution in [2.75, 3.05) is 24.4 Å². The summed E-state index contributed by atoms with van der Waals surface area (Å²) in [5.41, 5.74) is 0.662. The Hall–Kier alpha value is -2.45. The summed E-state index contributed by atoms with van der Waals surface area (Å²) in [6.07, 6.45) is 0. The number of nitrogens with one attached hydrogen (secondary N) is 3. The number of para-hydroxylation sites is 1. The summed E-state index contributed by atoms with van der Waals surface area (Å²) in [7, 11) is -3.95. The SMILES string of the molecule is CCNCCNC(=O)c1ccccc1NS(=O)(=O)c1ccc(F)cc1C. The van der Waals surface area contributed by atoms with Gasteiger partial charge in [0.05, 0.1) is 16.1 Å². The summed E-state index contributed by atoms with van der Waals surface area (Å²) >= 11 is 0. The van der Waals surface area contributed by atoms with Gasteiger partial charge in [0.15, 0.2) is 0 Å². The number of halogens is 1. The van der Waals surface area contributed by atoms with Gasteiger partial charge in [0.25, 0.3) is 15.9 Å². The van der Waals surface area contributed by atoms with Crippen molar-refractivity contribution in [3.8, 4) is 0 Å². The van der Waals surface area contributed by atoms with Gasteiger partial charge in [-0.2, -0.15) is 0 Å². The number of carbonyl (C=O) groups is 1. The van der Waals surface area contributed by atoms with Gasteiger partial charge in [-0.25, -0.2) is 12.8 Å². The molecule has 0 radical (unpaired) electrons. The van der Waals surface area contributed by atoms with Crippen LogP contribution in [0.3, 0.4) is 0 Å². The molecule has 8 heteroatoms. The Labute approximate surface area is 152 Å². The quantitative estimate of drug-likeness (QED) is 0.614. The Morgan fingerprint density at radius 3 is 2.54 bits per heavy atom. The molecule has 26 heavy (non-hydrogen) atoms. The van der Waals surface area contributed by atoms with Gasteiger partial charge in [0.1, 0.15) is 5.82 Å². The van der Waals surface area contributed by atoms with E-state index in [1.165, 1.54) is 25.1 Å². The van der Waals surface area contributed by atoms with Crippen LogP contribution in [0.15, 0.2) is 47.4 Å². The molecule has 0 aliphatic carbocycles. The fourth-order valence-electron chi connectivity index (χ4n) is 2.42. The Balaban J connectivity index is 2.22. The third-order valence-corrected chi connectivity index (χ3v) is 5.21. The maximum Gasteiger partial charge on any atom is 0.262 e. The number of benzene rings is 2. The number of aryl methyl sites for hydroxylation is 1. The maximum absolute atomic E-state index is 13.2. The number of sulfonamides is 1. The van der Waals surface area contributed by atoms with Crippen LogP contribution in [0, 0.1) is 12.7 Å². The zero-order chi connectivity index (χ0) is 19.2. The minimum atomic E-state index is -3.95. The lowest BCUT2D eigenvalue weighted by Crippen LogP contribution is -2.32. The lowest BCUT2D eigenvalue weighted by molar-refractivity contribution is 0.0955. The van der Waals surface area contributed by atoms with Gasteiger partial charge in [-0.3, -0.25) is 9.52 Å². The summed E-state index contributed by atoms with van der Waals surface area (Å²) in [5, 5.41) is 5.82. The first-order valence-corrected chi connectivity index (χ1v) is 9.70. The Morgan fingerprint density at radius 1 is 1.12 bits per heavy atom. The minimum Gasteiger partial charge on any atom is -0.351 e. The molecule has 6 nitrogen and oxygen atoms in total. The largest absolute Gasteiger partial charge is 0.351 e. The number of anilines is 1. The second-order valence-electron chi connectivity index (χ2n) is 5.67. The fraction of sp³-hybridized carbons (Fsp3) is 0.278. The van der Waals surface area contributed by atoms with E-state index in [0.717, 1.165) is 18.7 Å². The van der Waals surface area contributed by atoms with Crippen LogP contribution in [-0.4, -0.2) is 34.0 Å². The topological polar surface area (TPSA) is 87.3 Å². The average molecular weight is 379 g/mol. The third kappa shape index (κ3) is 5.03. The number of carbonyl (C=O) groups excluding carboxylic acids is 1. The molecule has 0 spiro atoms. The lowest BCUT2D eigenvalue weighted by atomic mass is 10.1. The predicted molar refractivity (Wildman–Crippen MR) is 99.3 cm³/mol. The standard InChI is InChI=1S/C18H22FN3O3S/c1-3-20-10-11-21-18(23)15-6-4-5-7-16(15)22-26(24,25)17-9-8-14(19)12-13(17)2/h4-9,12,20,22H,3,10-11H2,1-2H3,(H,21,23). The van der Waals surface area contributed by atoms with E-state index < -0.39 is 15.8 Å². The molecule has 140 valence electrons. The molecule has 2 aromatic carbocycles. The third-order valence-electron chi connectivity index (χ3n) is 3.68. The van der Waals surface area contributed by atoms with Crippen molar-refractivity contribution >= 4 is 21.6 Å². The molecule has 0 aromatic heterocycles. The van der Waals surface area contributed by atoms with Crippen molar-refractivity contribution in [1.29, 1.82) is 0 Å². The summed E-state index contributed by atoms with van der Waals surface area (Å²) in [5.74, 6) is -0.890. The minimum absolute atomic E-state index is 0.0405. The van der Waals surface area contributed by atoms with Crippen molar-refractivity contribution in [3.63, 3.8) is 0 Å². The first kappa shape index (κ1) is 19.9. The van der Waals surface area contributed by atoms with Crippen LogP contribution in [0.4, 0.5) is 10.1 Å². The van der Waals surface area contributed by atoms with Crippen molar-refractivity contribution in [1.82, 2.24) is 10.6 Å². The van der Waals surface area contributed by atoms with Gasteiger partial charge in [-0.05, 0) is 49.4 Å². The summed E-state index contributed by atoms with van der Waals surface area (Å²) in [6.45, 7) is 5.30. The Bertz CT molecular complexity index is 885. The summed E-state index contributed by atoms with van der Waals surface area (Å²) < 4.78 is 40.9. The summed E-state index contributed by atoms with van der Waals surface area (Å²) in [4.78, 5) is 12.3. The first-order valence-electron chi connectivity index (χ1n) is 8.22. The van der Waals surface area contributed by atoms with Gasteiger partial charge in [0, 0.05) is 13.1 Å². The van der Waals surface area contributed by atoms with Gasteiger partial charge >= 0.3 is 0 Å². The molecule has 0 saturated carbocycles. The maximum atomic E-state index is 13.2. The molecule has 2 rings (SSSR count). The smallest absolute Gasteiger partial charge is 0.262 e. The normalized spacial score (nSPS) is 11.2. The van der Waals surface area contributed by atoms with Gasteiger partial charge in [-0.15, -0.1) is 0 Å². The number of hydrogen-bond acceptors (Lipinski definition) is 4. The monoisotopic (exact) mass is 379 g/mol. The van der Waals surface area contributed by atoms with Gasteiger partial charge < -0.3 is 10.6 Å². The Morgan fingerprint density at radius 2 is 1.85 bits per heavy atom. The molecule has 0 aliphatic rings. The predicted octanol–water partition coefficient (Wildman–Crippen LogP) is 2.27. The van der Waals surface area contributed by atoms with E-state index in [-0.39, 0.29) is 27.6 Å². The van der Waals surface area contributed by atoms with E-state index in [0.29, 0.717) is 13.1 Å². The molecule has 1 amide bonds. The van der Waals surface area contributed by atoms with Crippen LogP contribution in [0.25, 0.3) is 0 Å². The number of likely N-dealkylation sites (N-methyl/N-ethyl adjacent to an activating group) is 1. The molecule has 0 saturated heterocycles. The highest BCUT2D eigenvalue weighted by Crippen LogP contribution is 2.22. The van der Waals surface area contributed by atoms with Crippen LogP contribution in [-0.2, 0) is 10.0 Å². The zero-order valence-corrected chi connectivity index (χ0v) is 15.5. The van der Waals surface area contributed by atoms with Crippen LogP contribution in [0.2, 0.25) is 0 Å². The van der Waals surface area contributed by atoms with E-state index in [2.05, 4.69) is 15.4 Å². The van der Waals surface area contributed by atoms with Crippen molar-refractivity contribution in [3.05, 3.63) is 59.4 Å². The highest BCUT2D eigenvalue weighted by molar-refractivity contribution is 7.92. The zero-order valence-electron chi connectivity index (χ0n) is 14.7.